The van der Waals surface area contributed by atoms with E-state index in [0.29, 0.717) is 24.6 Å². The van der Waals surface area contributed by atoms with E-state index >= 15 is 0 Å². The molecule has 1 unspecified atom stereocenters. The van der Waals surface area contributed by atoms with Crippen LogP contribution >= 0.6 is 0 Å². The minimum absolute atomic E-state index is 0.131. The Kier molecular flexibility index (Phi) is 4.97. The van der Waals surface area contributed by atoms with Crippen LogP contribution in [0.3, 0.4) is 0 Å². The van der Waals surface area contributed by atoms with Crippen LogP contribution in [0.4, 0.5) is 0 Å². The summed E-state index contributed by atoms with van der Waals surface area (Å²) in [7, 11) is 0. The summed E-state index contributed by atoms with van der Waals surface area (Å²) in [4.78, 5) is 37.8. The Balaban J connectivity index is 1.43. The van der Waals surface area contributed by atoms with E-state index in [2.05, 4.69) is 10.6 Å². The van der Waals surface area contributed by atoms with Crippen LogP contribution in [0, 0.1) is 0 Å². The number of hydrogen-bond donors (Lipinski definition) is 3. The van der Waals surface area contributed by atoms with Crippen LogP contribution in [0.2, 0.25) is 0 Å². The number of imide groups is 1. The fraction of sp³-hybridized carbons (Fsp3) is 0.550. The SMILES string of the molecule is N[C@H]1CCCC[C@H]1NCc1ccc2c(c1)CN(C1CCC(=O)NC1=O)C2=O. The van der Waals surface area contributed by atoms with Crippen molar-refractivity contribution in [1.29, 1.82) is 0 Å². The Morgan fingerprint density at radius 1 is 1.15 bits per heavy atom. The van der Waals surface area contributed by atoms with E-state index in [9.17, 15) is 14.4 Å². The third-order valence-corrected chi connectivity index (χ3v) is 5.98. The minimum Gasteiger partial charge on any atom is -0.326 e. The highest BCUT2D eigenvalue weighted by Gasteiger charge is 2.39. The van der Waals surface area contributed by atoms with E-state index in [0.717, 1.165) is 30.5 Å². The second-order valence-electron chi connectivity index (χ2n) is 7.83. The van der Waals surface area contributed by atoms with Gasteiger partial charge in [-0.15, -0.1) is 0 Å². The number of nitrogens with one attached hydrogen (secondary N) is 2. The zero-order valence-corrected chi connectivity index (χ0v) is 15.4. The van der Waals surface area contributed by atoms with E-state index in [1.54, 1.807) is 4.90 Å². The first kappa shape index (κ1) is 18.1. The van der Waals surface area contributed by atoms with Gasteiger partial charge in [-0.05, 0) is 36.5 Å². The van der Waals surface area contributed by atoms with Crippen molar-refractivity contribution in [1.82, 2.24) is 15.5 Å². The van der Waals surface area contributed by atoms with Gasteiger partial charge in [0.05, 0.1) is 0 Å². The summed E-state index contributed by atoms with van der Waals surface area (Å²) in [6.07, 6.45) is 5.25. The topological polar surface area (TPSA) is 105 Å². The molecule has 7 heteroatoms. The average molecular weight is 370 g/mol. The number of rotatable bonds is 4. The monoisotopic (exact) mass is 370 g/mol. The van der Waals surface area contributed by atoms with Gasteiger partial charge in [-0.25, -0.2) is 0 Å². The number of benzene rings is 1. The molecular formula is C20H26N4O3. The summed E-state index contributed by atoms with van der Waals surface area (Å²) in [5.74, 6) is -0.774. The van der Waals surface area contributed by atoms with E-state index < -0.39 is 6.04 Å². The highest BCUT2D eigenvalue weighted by atomic mass is 16.2. The van der Waals surface area contributed by atoms with Crippen molar-refractivity contribution >= 4 is 17.7 Å². The maximum atomic E-state index is 12.7. The number of carbonyl (C=O) groups excluding carboxylic acids is 3. The standard InChI is InChI=1S/C20H26N4O3/c21-15-3-1-2-4-16(15)22-10-12-5-6-14-13(9-12)11-24(20(14)27)17-7-8-18(25)23-19(17)26/h5-6,9,15-17,22H,1-4,7-8,10-11,21H2,(H,23,25,26)/t15-,16+,17?/m0/s1. The first-order valence-electron chi connectivity index (χ1n) is 9.78. The smallest absolute Gasteiger partial charge is 0.255 e. The second-order valence-corrected chi connectivity index (χ2v) is 7.83. The van der Waals surface area contributed by atoms with Crippen LogP contribution in [0.1, 0.15) is 60.0 Å². The van der Waals surface area contributed by atoms with Gasteiger partial charge in [0.15, 0.2) is 0 Å². The van der Waals surface area contributed by atoms with Crippen LogP contribution in [-0.2, 0) is 22.7 Å². The minimum atomic E-state index is -0.565. The predicted octanol–water partition coefficient (Wildman–Crippen LogP) is 0.807. The molecule has 3 atom stereocenters. The molecule has 2 fully saturated rings. The molecule has 1 saturated heterocycles. The molecule has 3 amide bonds. The van der Waals surface area contributed by atoms with Crippen LogP contribution < -0.4 is 16.4 Å². The molecule has 144 valence electrons. The maximum absolute atomic E-state index is 12.7. The van der Waals surface area contributed by atoms with Crippen LogP contribution in [0.5, 0.6) is 0 Å². The van der Waals surface area contributed by atoms with Gasteiger partial charge >= 0.3 is 0 Å². The van der Waals surface area contributed by atoms with Crippen molar-refractivity contribution in [3.05, 3.63) is 34.9 Å². The molecule has 0 spiro atoms. The van der Waals surface area contributed by atoms with Crippen molar-refractivity contribution in [3.8, 4) is 0 Å². The molecule has 0 bridgehead atoms. The van der Waals surface area contributed by atoms with Crippen molar-refractivity contribution < 1.29 is 14.4 Å². The quantitative estimate of drug-likeness (QED) is 0.680. The van der Waals surface area contributed by atoms with E-state index in [-0.39, 0.29) is 30.2 Å². The van der Waals surface area contributed by atoms with Crippen LogP contribution in [0.15, 0.2) is 18.2 Å². The lowest BCUT2D eigenvalue weighted by Crippen LogP contribution is -2.52. The molecule has 1 saturated carbocycles. The number of carbonyl (C=O) groups is 3. The Morgan fingerprint density at radius 3 is 2.74 bits per heavy atom. The Bertz CT molecular complexity index is 778. The highest BCUT2D eigenvalue weighted by Crippen LogP contribution is 2.28. The fourth-order valence-electron chi connectivity index (χ4n) is 4.40. The van der Waals surface area contributed by atoms with Gasteiger partial charge in [-0.2, -0.15) is 0 Å². The largest absolute Gasteiger partial charge is 0.326 e. The van der Waals surface area contributed by atoms with E-state index in [4.69, 9.17) is 5.73 Å². The third kappa shape index (κ3) is 3.61. The van der Waals surface area contributed by atoms with Gasteiger partial charge in [0.1, 0.15) is 6.04 Å². The van der Waals surface area contributed by atoms with Crippen molar-refractivity contribution in [3.63, 3.8) is 0 Å². The predicted molar refractivity (Wildman–Crippen MR) is 99.6 cm³/mol. The van der Waals surface area contributed by atoms with Crippen LogP contribution in [0.25, 0.3) is 0 Å². The number of amides is 3. The lowest BCUT2D eigenvalue weighted by molar-refractivity contribution is -0.136. The van der Waals surface area contributed by atoms with Crippen molar-refractivity contribution in [2.75, 3.05) is 0 Å². The van der Waals surface area contributed by atoms with Gasteiger partial charge < -0.3 is 16.0 Å². The Labute approximate surface area is 158 Å². The average Bonchev–Trinajstić information content (AvgIpc) is 2.97. The summed E-state index contributed by atoms with van der Waals surface area (Å²) >= 11 is 0. The van der Waals surface area contributed by atoms with Gasteiger partial charge in [0.2, 0.25) is 11.8 Å². The molecule has 2 heterocycles. The molecule has 2 aliphatic heterocycles. The molecule has 0 aromatic heterocycles. The summed E-state index contributed by atoms with van der Waals surface area (Å²) in [5, 5.41) is 5.88. The summed E-state index contributed by atoms with van der Waals surface area (Å²) < 4.78 is 0. The first-order chi connectivity index (χ1) is 13.0. The number of nitrogens with zero attached hydrogens (tertiary/aromatic N) is 1. The molecule has 1 aromatic rings. The molecular weight excluding hydrogens is 344 g/mol. The van der Waals surface area contributed by atoms with Gasteiger partial charge in [-0.1, -0.05) is 25.0 Å². The van der Waals surface area contributed by atoms with Gasteiger partial charge in [0.25, 0.3) is 5.91 Å². The molecule has 0 radical (unpaired) electrons. The summed E-state index contributed by atoms with van der Waals surface area (Å²) in [6, 6.07) is 5.84. The zero-order valence-electron chi connectivity index (χ0n) is 15.4. The van der Waals surface area contributed by atoms with Gasteiger partial charge in [-0.3, -0.25) is 19.7 Å². The summed E-state index contributed by atoms with van der Waals surface area (Å²) in [6.45, 7) is 1.13. The second kappa shape index (κ2) is 7.40. The number of hydrogen-bond acceptors (Lipinski definition) is 5. The fourth-order valence-corrected chi connectivity index (χ4v) is 4.40. The summed E-state index contributed by atoms with van der Waals surface area (Å²) in [5.41, 5.74) is 8.91. The number of piperidine rings is 1. The molecule has 3 aliphatic rings. The van der Waals surface area contributed by atoms with E-state index in [1.165, 1.54) is 12.8 Å². The van der Waals surface area contributed by atoms with Crippen LogP contribution in [-0.4, -0.2) is 40.7 Å². The first-order valence-corrected chi connectivity index (χ1v) is 9.78. The van der Waals surface area contributed by atoms with Crippen molar-refractivity contribution in [2.45, 2.75) is 69.7 Å². The molecule has 7 nitrogen and oxygen atoms in total. The lowest BCUT2D eigenvalue weighted by atomic mass is 9.91. The molecule has 27 heavy (non-hydrogen) atoms. The Morgan fingerprint density at radius 2 is 1.96 bits per heavy atom. The molecule has 1 aliphatic carbocycles. The highest BCUT2D eigenvalue weighted by molar-refractivity contribution is 6.05. The molecule has 4 rings (SSSR count). The lowest BCUT2D eigenvalue weighted by Gasteiger charge is -2.29. The van der Waals surface area contributed by atoms with E-state index in [1.807, 2.05) is 18.2 Å². The zero-order chi connectivity index (χ0) is 19.0. The normalized spacial score (nSPS) is 28.3. The molecule has 4 N–H and O–H groups in total. The third-order valence-electron chi connectivity index (χ3n) is 5.98. The van der Waals surface area contributed by atoms with Crippen molar-refractivity contribution in [2.24, 2.45) is 5.73 Å². The van der Waals surface area contributed by atoms with Gasteiger partial charge in [0, 0.05) is 37.2 Å². The Hall–Kier alpha value is -2.25. The number of nitrogens with two attached hydrogens (primary N) is 1. The number of fused-ring (bicyclic) bond motifs is 1. The maximum Gasteiger partial charge on any atom is 0.255 e. The molecule has 1 aromatic carbocycles.